The summed E-state index contributed by atoms with van der Waals surface area (Å²) in [6, 6.07) is 34.8. The lowest BCUT2D eigenvalue weighted by Gasteiger charge is -2.42. The number of para-hydroxylation sites is 1. The van der Waals surface area contributed by atoms with Crippen LogP contribution in [0.15, 0.2) is 132 Å². The molecule has 0 saturated heterocycles. The van der Waals surface area contributed by atoms with Gasteiger partial charge < -0.3 is 9.80 Å². The van der Waals surface area contributed by atoms with Crippen molar-refractivity contribution in [3.05, 3.63) is 160 Å². The fraction of sp³-hybridized carbons (Fsp3) is 0.304. The Morgan fingerprint density at radius 3 is 2.17 bits per heavy atom. The highest BCUT2D eigenvalue weighted by Gasteiger charge is 2.46. The molecule has 0 radical (unpaired) electrons. The lowest BCUT2D eigenvalue weighted by Crippen LogP contribution is -2.33. The van der Waals surface area contributed by atoms with Crippen LogP contribution in [0.4, 0.5) is 22.7 Å². The number of benzene rings is 4. The Labute approximate surface area is 286 Å². The van der Waals surface area contributed by atoms with Crippen molar-refractivity contribution in [2.45, 2.75) is 89.9 Å². The molecule has 240 valence electrons. The van der Waals surface area contributed by atoms with Crippen molar-refractivity contribution in [3.63, 3.8) is 0 Å². The molecular formula is C46H46N2. The third kappa shape index (κ3) is 4.04. The average molecular weight is 627 g/mol. The minimum absolute atomic E-state index is 0.0161. The topological polar surface area (TPSA) is 6.48 Å². The van der Waals surface area contributed by atoms with Gasteiger partial charge in [0.2, 0.25) is 0 Å². The van der Waals surface area contributed by atoms with Gasteiger partial charge in [0, 0.05) is 50.9 Å². The SMILES string of the molecule is CC(C)(C)c1ccc(N(C2=CC3=C(CC2)c2ccccc2C3(C)C)c2ccc3c(c2)C2CC=CC4=C2N3c2ccccc2C4(C)C)cc1. The highest BCUT2D eigenvalue weighted by atomic mass is 15.2. The number of nitrogens with zero attached hydrogens (tertiary/aromatic N) is 2. The molecule has 0 amide bonds. The molecule has 0 spiro atoms. The Kier molecular flexibility index (Phi) is 6.15. The summed E-state index contributed by atoms with van der Waals surface area (Å²) in [4.78, 5) is 5.15. The van der Waals surface area contributed by atoms with Gasteiger partial charge in [0.15, 0.2) is 0 Å². The van der Waals surface area contributed by atoms with E-state index in [4.69, 9.17) is 0 Å². The Balaban J connectivity index is 1.21. The number of rotatable bonds is 3. The van der Waals surface area contributed by atoms with Gasteiger partial charge in [-0.15, -0.1) is 0 Å². The molecule has 0 bridgehead atoms. The van der Waals surface area contributed by atoms with Crippen LogP contribution in [0.3, 0.4) is 0 Å². The van der Waals surface area contributed by atoms with Crippen molar-refractivity contribution >= 4 is 28.3 Å². The second-order valence-corrected chi connectivity index (χ2v) is 16.5. The first-order chi connectivity index (χ1) is 23.0. The van der Waals surface area contributed by atoms with E-state index in [2.05, 4.69) is 167 Å². The zero-order chi connectivity index (χ0) is 33.2. The van der Waals surface area contributed by atoms with Gasteiger partial charge in [0.05, 0.1) is 0 Å². The molecule has 0 fully saturated rings. The van der Waals surface area contributed by atoms with Crippen molar-refractivity contribution in [1.82, 2.24) is 0 Å². The number of anilines is 4. The zero-order valence-electron chi connectivity index (χ0n) is 29.5. The molecule has 1 atom stereocenters. The Hall–Kier alpha value is -4.56. The van der Waals surface area contributed by atoms with E-state index in [-0.39, 0.29) is 16.2 Å². The third-order valence-electron chi connectivity index (χ3n) is 12.0. The lowest BCUT2D eigenvalue weighted by atomic mass is 9.70. The van der Waals surface area contributed by atoms with E-state index in [1.165, 1.54) is 78.7 Å². The van der Waals surface area contributed by atoms with E-state index in [0.717, 1.165) is 19.3 Å². The van der Waals surface area contributed by atoms with Gasteiger partial charge in [-0.2, -0.15) is 0 Å². The fourth-order valence-corrected chi connectivity index (χ4v) is 9.44. The lowest BCUT2D eigenvalue weighted by molar-refractivity contribution is 0.590. The smallest absolute Gasteiger partial charge is 0.0499 e. The predicted octanol–water partition coefficient (Wildman–Crippen LogP) is 12.3. The summed E-state index contributed by atoms with van der Waals surface area (Å²) in [5.41, 5.74) is 19.7. The Morgan fingerprint density at radius 1 is 0.708 bits per heavy atom. The molecule has 0 N–H and O–H groups in total. The van der Waals surface area contributed by atoms with Crippen LogP contribution in [0.25, 0.3) is 5.57 Å². The summed E-state index contributed by atoms with van der Waals surface area (Å²) < 4.78 is 0. The summed E-state index contributed by atoms with van der Waals surface area (Å²) in [7, 11) is 0. The van der Waals surface area contributed by atoms with Crippen LogP contribution in [0, 0.1) is 0 Å². The van der Waals surface area contributed by atoms with Gasteiger partial charge in [0.1, 0.15) is 0 Å². The maximum absolute atomic E-state index is 2.58. The highest BCUT2D eigenvalue weighted by molar-refractivity contribution is 5.88. The molecule has 2 heteroatoms. The first-order valence-corrected chi connectivity index (χ1v) is 17.9. The molecule has 9 rings (SSSR count). The normalized spacial score (nSPS) is 20.9. The summed E-state index contributed by atoms with van der Waals surface area (Å²) in [6.45, 7) is 16.5. The average Bonchev–Trinajstić information content (AvgIpc) is 3.53. The molecule has 3 aliphatic carbocycles. The Bertz CT molecular complexity index is 2140. The van der Waals surface area contributed by atoms with Crippen molar-refractivity contribution in [2.75, 3.05) is 9.80 Å². The van der Waals surface area contributed by atoms with Crippen molar-refractivity contribution in [2.24, 2.45) is 0 Å². The minimum Gasteiger partial charge on any atom is -0.314 e. The van der Waals surface area contributed by atoms with E-state index in [1.807, 2.05) is 0 Å². The van der Waals surface area contributed by atoms with Crippen LogP contribution in [-0.4, -0.2) is 0 Å². The molecular weight excluding hydrogens is 581 g/mol. The maximum Gasteiger partial charge on any atom is 0.0499 e. The molecule has 48 heavy (non-hydrogen) atoms. The number of hydrogen-bond acceptors (Lipinski definition) is 2. The molecule has 2 aliphatic heterocycles. The van der Waals surface area contributed by atoms with E-state index >= 15 is 0 Å². The van der Waals surface area contributed by atoms with E-state index < -0.39 is 0 Å². The van der Waals surface area contributed by atoms with Crippen LogP contribution in [0.5, 0.6) is 0 Å². The van der Waals surface area contributed by atoms with Crippen LogP contribution in [0.1, 0.15) is 101 Å². The first kappa shape index (κ1) is 29.6. The van der Waals surface area contributed by atoms with Gasteiger partial charge in [-0.1, -0.05) is 115 Å². The van der Waals surface area contributed by atoms with Gasteiger partial charge in [-0.05, 0) is 112 Å². The molecule has 2 nitrogen and oxygen atoms in total. The first-order valence-electron chi connectivity index (χ1n) is 17.9. The molecule has 2 heterocycles. The van der Waals surface area contributed by atoms with Gasteiger partial charge in [0.25, 0.3) is 0 Å². The summed E-state index contributed by atoms with van der Waals surface area (Å²) >= 11 is 0. The fourth-order valence-electron chi connectivity index (χ4n) is 9.44. The molecule has 4 aromatic carbocycles. The van der Waals surface area contributed by atoms with Crippen molar-refractivity contribution < 1.29 is 0 Å². The molecule has 0 saturated carbocycles. The standard InChI is InChI=1S/C46H46N2/c1-44(2,3)29-19-21-30(22-20-29)47(32-23-25-34-33-13-8-9-15-37(33)45(4,5)40(34)28-32)31-24-26-41-36(27-31)35-14-12-17-39-43(35)48(41)42-18-11-10-16-38(42)46(39,6)7/h8-13,15-22,24,26-28,35H,14,23,25H2,1-7H3. The van der Waals surface area contributed by atoms with Gasteiger partial charge >= 0.3 is 0 Å². The molecule has 0 aromatic heterocycles. The summed E-state index contributed by atoms with van der Waals surface area (Å²) in [5.74, 6) is 0.357. The monoisotopic (exact) mass is 626 g/mol. The van der Waals surface area contributed by atoms with Crippen LogP contribution in [-0.2, 0) is 16.2 Å². The molecule has 1 unspecified atom stereocenters. The molecule has 5 aliphatic rings. The van der Waals surface area contributed by atoms with Crippen LogP contribution >= 0.6 is 0 Å². The minimum atomic E-state index is -0.0344. The van der Waals surface area contributed by atoms with Gasteiger partial charge in [-0.3, -0.25) is 0 Å². The van der Waals surface area contributed by atoms with Gasteiger partial charge in [-0.25, -0.2) is 0 Å². The maximum atomic E-state index is 2.58. The second-order valence-electron chi connectivity index (χ2n) is 16.5. The van der Waals surface area contributed by atoms with Crippen LogP contribution in [0.2, 0.25) is 0 Å². The highest BCUT2D eigenvalue weighted by Crippen LogP contribution is 2.60. The number of hydrogen-bond donors (Lipinski definition) is 0. The second kappa shape index (κ2) is 9.98. The van der Waals surface area contributed by atoms with Crippen molar-refractivity contribution in [1.29, 1.82) is 0 Å². The third-order valence-corrected chi connectivity index (χ3v) is 12.0. The quantitative estimate of drug-likeness (QED) is 0.223. The largest absolute Gasteiger partial charge is 0.314 e. The summed E-state index contributed by atoms with van der Waals surface area (Å²) in [6.07, 6.45) is 10.5. The molecule has 4 aromatic rings. The Morgan fingerprint density at radius 2 is 1.40 bits per heavy atom. The summed E-state index contributed by atoms with van der Waals surface area (Å²) in [5, 5.41) is 0. The van der Waals surface area contributed by atoms with E-state index in [1.54, 1.807) is 0 Å². The predicted molar refractivity (Wildman–Crippen MR) is 203 cm³/mol. The van der Waals surface area contributed by atoms with Crippen LogP contribution < -0.4 is 9.80 Å². The number of fused-ring (bicyclic) bond motifs is 7. The van der Waals surface area contributed by atoms with E-state index in [0.29, 0.717) is 5.92 Å². The van der Waals surface area contributed by atoms with E-state index in [9.17, 15) is 0 Å². The number of allylic oxidation sites excluding steroid dienone is 8. The zero-order valence-corrected chi connectivity index (χ0v) is 29.5. The van der Waals surface area contributed by atoms with Crippen molar-refractivity contribution in [3.8, 4) is 0 Å².